The first kappa shape index (κ1) is 12.4. The third-order valence-corrected chi connectivity index (χ3v) is 3.64. The Morgan fingerprint density at radius 1 is 1.22 bits per heavy atom. The fraction of sp³-hybridized carbons (Fsp3) is 0.0909. The normalized spacial score (nSPS) is 14.8. The van der Waals surface area contributed by atoms with Crippen LogP contribution in [0.4, 0.5) is 5.69 Å². The van der Waals surface area contributed by atoms with Gasteiger partial charge in [-0.1, -0.05) is 0 Å². The smallest absolute Gasteiger partial charge is 0.281 e. The van der Waals surface area contributed by atoms with E-state index in [1.165, 1.54) is 6.92 Å². The summed E-state index contributed by atoms with van der Waals surface area (Å²) in [6.45, 7) is 1.39. The summed E-state index contributed by atoms with van der Waals surface area (Å²) in [5.74, 6) is -1.72. The van der Waals surface area contributed by atoms with Crippen molar-refractivity contribution in [1.29, 1.82) is 0 Å². The largest absolute Gasteiger partial charge is 0.507 e. The Balaban J connectivity index is 2.89. The SMILES string of the molecule is CC1=C(Br)C(=O)c2c(O)ccc([N+](=O)[O-])c2C1=O. The molecular formula is C11H6BrNO5. The first-order valence-electron chi connectivity index (χ1n) is 4.82. The highest BCUT2D eigenvalue weighted by Crippen LogP contribution is 2.38. The number of hydrogen-bond acceptors (Lipinski definition) is 5. The third kappa shape index (κ3) is 1.55. The van der Waals surface area contributed by atoms with Crippen LogP contribution in [0.2, 0.25) is 0 Å². The molecule has 0 saturated carbocycles. The zero-order chi connectivity index (χ0) is 13.6. The molecule has 0 radical (unpaired) electrons. The maximum atomic E-state index is 12.0. The second-order valence-corrected chi connectivity index (χ2v) is 4.50. The summed E-state index contributed by atoms with van der Waals surface area (Å²) in [5.41, 5.74) is -1.08. The molecule has 0 saturated heterocycles. The summed E-state index contributed by atoms with van der Waals surface area (Å²) in [6, 6.07) is 2.04. The molecule has 2 rings (SSSR count). The lowest BCUT2D eigenvalue weighted by Crippen LogP contribution is -2.20. The summed E-state index contributed by atoms with van der Waals surface area (Å²) in [7, 11) is 0. The van der Waals surface area contributed by atoms with Crippen molar-refractivity contribution < 1.29 is 19.6 Å². The average molecular weight is 312 g/mol. The minimum atomic E-state index is -0.754. The molecule has 1 aromatic rings. The van der Waals surface area contributed by atoms with Crippen LogP contribution in [-0.2, 0) is 0 Å². The molecule has 1 aromatic carbocycles. The molecule has 1 aliphatic rings. The molecule has 0 aliphatic heterocycles. The lowest BCUT2D eigenvalue weighted by molar-refractivity contribution is -0.385. The van der Waals surface area contributed by atoms with Crippen molar-refractivity contribution in [2.24, 2.45) is 0 Å². The van der Waals surface area contributed by atoms with Gasteiger partial charge in [0.2, 0.25) is 5.78 Å². The molecule has 0 spiro atoms. The zero-order valence-electron chi connectivity index (χ0n) is 9.06. The van der Waals surface area contributed by atoms with Gasteiger partial charge in [0, 0.05) is 11.6 Å². The number of fused-ring (bicyclic) bond motifs is 1. The minimum absolute atomic E-state index is 0.01000. The second-order valence-electron chi connectivity index (χ2n) is 3.71. The first-order valence-corrected chi connectivity index (χ1v) is 5.61. The highest BCUT2D eigenvalue weighted by atomic mass is 79.9. The number of carbonyl (C=O) groups is 2. The highest BCUT2D eigenvalue weighted by Gasteiger charge is 2.36. The zero-order valence-corrected chi connectivity index (χ0v) is 10.6. The van der Waals surface area contributed by atoms with E-state index in [0.29, 0.717) is 0 Å². The van der Waals surface area contributed by atoms with Crippen molar-refractivity contribution in [2.75, 3.05) is 0 Å². The van der Waals surface area contributed by atoms with Gasteiger partial charge in [0.1, 0.15) is 11.3 Å². The maximum Gasteiger partial charge on any atom is 0.281 e. The van der Waals surface area contributed by atoms with Crippen LogP contribution in [-0.4, -0.2) is 21.6 Å². The van der Waals surface area contributed by atoms with E-state index in [2.05, 4.69) is 15.9 Å². The van der Waals surface area contributed by atoms with E-state index in [9.17, 15) is 24.8 Å². The molecule has 6 nitrogen and oxygen atoms in total. The number of nitrogens with zero attached hydrogens (tertiary/aromatic N) is 1. The average Bonchev–Trinajstić information content (AvgIpc) is 2.32. The Labute approximate surface area is 109 Å². The molecule has 1 N–H and O–H groups in total. The van der Waals surface area contributed by atoms with Crippen molar-refractivity contribution in [1.82, 2.24) is 0 Å². The highest BCUT2D eigenvalue weighted by molar-refractivity contribution is 9.12. The van der Waals surface area contributed by atoms with Gasteiger partial charge in [0.05, 0.1) is 15.0 Å². The van der Waals surface area contributed by atoms with Crippen LogP contribution in [0.3, 0.4) is 0 Å². The molecule has 1 aliphatic carbocycles. The topological polar surface area (TPSA) is 97.5 Å². The van der Waals surface area contributed by atoms with Gasteiger partial charge in [0.15, 0.2) is 5.78 Å². The first-order chi connectivity index (χ1) is 8.36. The third-order valence-electron chi connectivity index (χ3n) is 2.68. The molecule has 0 amide bonds. The van der Waals surface area contributed by atoms with Crippen LogP contribution in [0.1, 0.15) is 27.6 Å². The van der Waals surface area contributed by atoms with Gasteiger partial charge in [-0.05, 0) is 28.9 Å². The van der Waals surface area contributed by atoms with Crippen molar-refractivity contribution in [3.05, 3.63) is 43.4 Å². The summed E-state index contributed by atoms with van der Waals surface area (Å²) in [6.07, 6.45) is 0. The van der Waals surface area contributed by atoms with E-state index in [4.69, 9.17) is 0 Å². The molecule has 0 unspecified atom stereocenters. The number of nitro benzene ring substituents is 1. The molecule has 0 bridgehead atoms. The van der Waals surface area contributed by atoms with Gasteiger partial charge in [0.25, 0.3) is 5.69 Å². The van der Waals surface area contributed by atoms with Gasteiger partial charge in [-0.2, -0.15) is 0 Å². The number of phenolic OH excluding ortho intramolecular Hbond substituents is 1. The molecule has 0 fully saturated rings. The van der Waals surface area contributed by atoms with E-state index >= 15 is 0 Å². The summed E-state index contributed by atoms with van der Waals surface area (Å²) >= 11 is 2.95. The molecule has 0 heterocycles. The lowest BCUT2D eigenvalue weighted by Gasteiger charge is -2.16. The summed E-state index contributed by atoms with van der Waals surface area (Å²) < 4.78 is 0.01000. The van der Waals surface area contributed by atoms with E-state index in [0.717, 1.165) is 12.1 Å². The van der Waals surface area contributed by atoms with Crippen molar-refractivity contribution >= 4 is 33.2 Å². The van der Waals surface area contributed by atoms with Crippen LogP contribution in [0.5, 0.6) is 5.75 Å². The minimum Gasteiger partial charge on any atom is -0.507 e. The number of rotatable bonds is 1. The number of nitro groups is 1. The molecule has 0 atom stereocenters. The Morgan fingerprint density at radius 3 is 2.39 bits per heavy atom. The van der Waals surface area contributed by atoms with Crippen molar-refractivity contribution in [3.63, 3.8) is 0 Å². The second kappa shape index (κ2) is 4.02. The van der Waals surface area contributed by atoms with Gasteiger partial charge >= 0.3 is 0 Å². The Hall–Kier alpha value is -2.02. The number of carbonyl (C=O) groups excluding carboxylic acids is 2. The fourth-order valence-corrected chi connectivity index (χ4v) is 2.14. The number of hydrogen-bond donors (Lipinski definition) is 1. The van der Waals surface area contributed by atoms with E-state index in [1.54, 1.807) is 0 Å². The van der Waals surface area contributed by atoms with Crippen LogP contribution < -0.4 is 0 Å². The van der Waals surface area contributed by atoms with Crippen LogP contribution in [0.15, 0.2) is 22.2 Å². The number of halogens is 1. The van der Waals surface area contributed by atoms with Crippen LogP contribution in [0, 0.1) is 10.1 Å². The number of benzene rings is 1. The van der Waals surface area contributed by atoms with Crippen molar-refractivity contribution in [2.45, 2.75) is 6.92 Å². The fourth-order valence-electron chi connectivity index (χ4n) is 1.76. The van der Waals surface area contributed by atoms with Crippen LogP contribution in [0.25, 0.3) is 0 Å². The van der Waals surface area contributed by atoms with Gasteiger partial charge in [-0.3, -0.25) is 19.7 Å². The van der Waals surface area contributed by atoms with Gasteiger partial charge in [-0.15, -0.1) is 0 Å². The Morgan fingerprint density at radius 2 is 1.83 bits per heavy atom. The quantitative estimate of drug-likeness (QED) is 0.634. The summed E-state index contributed by atoms with van der Waals surface area (Å²) in [4.78, 5) is 34.0. The molecule has 7 heteroatoms. The Bertz CT molecular complexity index is 647. The van der Waals surface area contributed by atoms with E-state index < -0.39 is 27.9 Å². The summed E-state index contributed by atoms with van der Waals surface area (Å²) in [5, 5.41) is 20.5. The van der Waals surface area contributed by atoms with E-state index in [1.807, 2.05) is 0 Å². The molecule has 0 aromatic heterocycles. The van der Waals surface area contributed by atoms with Crippen molar-refractivity contribution in [3.8, 4) is 5.75 Å². The predicted molar refractivity (Wildman–Crippen MR) is 65.0 cm³/mol. The molecule has 18 heavy (non-hydrogen) atoms. The van der Waals surface area contributed by atoms with Gasteiger partial charge in [-0.25, -0.2) is 0 Å². The number of phenols is 1. The predicted octanol–water partition coefficient (Wildman–Crippen LogP) is 2.35. The van der Waals surface area contributed by atoms with Crippen LogP contribution >= 0.6 is 15.9 Å². The number of Topliss-reactive ketones (excluding diaryl/α,β-unsaturated/α-hetero) is 2. The standard InChI is InChI=1S/C11H6BrNO5/c1-4-9(12)11(16)8-6(14)3-2-5(13(17)18)7(8)10(4)15/h2-3,14H,1H3. The monoisotopic (exact) mass is 311 g/mol. The van der Waals surface area contributed by atoms with E-state index in [-0.39, 0.29) is 21.2 Å². The van der Waals surface area contributed by atoms with Gasteiger partial charge < -0.3 is 5.11 Å². The Kier molecular flexibility index (Phi) is 2.78. The number of ketones is 2. The maximum absolute atomic E-state index is 12.0. The number of aromatic hydroxyl groups is 1. The lowest BCUT2D eigenvalue weighted by atomic mass is 9.88. The molecular weight excluding hydrogens is 306 g/mol. The number of allylic oxidation sites excluding steroid dienone is 2. The molecule has 92 valence electrons.